The number of pyridine rings is 1. The van der Waals surface area contributed by atoms with E-state index in [-0.39, 0.29) is 29.5 Å². The number of hydrogen-bond donors (Lipinski definition) is 3. The molecule has 0 spiro atoms. The molecule has 1 aliphatic carbocycles. The van der Waals surface area contributed by atoms with Crippen LogP contribution in [0.15, 0.2) is 12.1 Å². The van der Waals surface area contributed by atoms with Gasteiger partial charge >= 0.3 is 5.69 Å². The van der Waals surface area contributed by atoms with Crippen LogP contribution in [0.3, 0.4) is 0 Å². The van der Waals surface area contributed by atoms with E-state index >= 15 is 0 Å². The van der Waals surface area contributed by atoms with E-state index in [1.165, 1.54) is 12.1 Å². The maximum absolute atomic E-state index is 10.8. The summed E-state index contributed by atoms with van der Waals surface area (Å²) in [4.78, 5) is 14.0. The molecule has 1 aromatic rings. The van der Waals surface area contributed by atoms with Gasteiger partial charge in [-0.1, -0.05) is 0 Å². The van der Waals surface area contributed by atoms with Crippen LogP contribution in [0.4, 0.5) is 11.5 Å². The lowest BCUT2D eigenvalue weighted by atomic mass is 9.93. The van der Waals surface area contributed by atoms with Crippen molar-refractivity contribution in [2.24, 2.45) is 0 Å². The lowest BCUT2D eigenvalue weighted by Crippen LogP contribution is -2.28. The maximum atomic E-state index is 10.8. The SMILES string of the molecule is O=[N+]([O-])c1ccc(O)nc1N[C@H]1CC[C@H](O)CC1. The van der Waals surface area contributed by atoms with E-state index in [0.29, 0.717) is 12.8 Å². The van der Waals surface area contributed by atoms with E-state index in [2.05, 4.69) is 10.3 Å². The molecule has 1 fully saturated rings. The fourth-order valence-electron chi connectivity index (χ4n) is 2.11. The molecule has 0 unspecified atom stereocenters. The van der Waals surface area contributed by atoms with E-state index in [1.807, 2.05) is 0 Å². The van der Waals surface area contributed by atoms with Crippen LogP contribution >= 0.6 is 0 Å². The van der Waals surface area contributed by atoms with E-state index in [9.17, 15) is 20.3 Å². The van der Waals surface area contributed by atoms with Crippen molar-refractivity contribution in [3.63, 3.8) is 0 Å². The van der Waals surface area contributed by atoms with Gasteiger partial charge in [0.05, 0.1) is 11.0 Å². The van der Waals surface area contributed by atoms with E-state index in [4.69, 9.17) is 0 Å². The van der Waals surface area contributed by atoms with Crippen LogP contribution < -0.4 is 5.32 Å². The molecule has 7 nitrogen and oxygen atoms in total. The summed E-state index contributed by atoms with van der Waals surface area (Å²) in [6, 6.07) is 2.46. The number of anilines is 1. The zero-order valence-corrected chi connectivity index (χ0v) is 9.74. The number of nitrogens with zero attached hydrogens (tertiary/aromatic N) is 2. The van der Waals surface area contributed by atoms with Crippen molar-refractivity contribution in [3.05, 3.63) is 22.2 Å². The second kappa shape index (κ2) is 5.18. The van der Waals surface area contributed by atoms with Crippen LogP contribution in [0, 0.1) is 10.1 Å². The minimum atomic E-state index is -0.535. The van der Waals surface area contributed by atoms with E-state index in [0.717, 1.165) is 12.8 Å². The van der Waals surface area contributed by atoms with Crippen molar-refractivity contribution in [2.75, 3.05) is 5.32 Å². The predicted octanol–water partition coefficient (Wildman–Crippen LogP) is 1.41. The van der Waals surface area contributed by atoms with Crippen LogP contribution in [-0.4, -0.2) is 32.3 Å². The highest BCUT2D eigenvalue weighted by molar-refractivity contribution is 5.57. The molecule has 3 N–H and O–H groups in total. The summed E-state index contributed by atoms with van der Waals surface area (Å²) in [6.45, 7) is 0. The third-order valence-corrected chi connectivity index (χ3v) is 3.09. The highest BCUT2D eigenvalue weighted by Gasteiger charge is 2.23. The normalized spacial score (nSPS) is 23.6. The number of rotatable bonds is 3. The summed E-state index contributed by atoms with van der Waals surface area (Å²) in [7, 11) is 0. The highest BCUT2D eigenvalue weighted by atomic mass is 16.6. The molecule has 0 amide bonds. The molecule has 0 atom stereocenters. The standard InChI is InChI=1S/C11H15N3O4/c15-8-3-1-7(2-4-8)12-11-9(14(17)18)5-6-10(16)13-11/h5-8,15H,1-4H2,(H2,12,13,16)/t7-,8-. The fourth-order valence-corrected chi connectivity index (χ4v) is 2.11. The molecule has 0 saturated heterocycles. The average molecular weight is 253 g/mol. The zero-order chi connectivity index (χ0) is 13.1. The van der Waals surface area contributed by atoms with Crippen molar-refractivity contribution in [1.29, 1.82) is 0 Å². The maximum Gasteiger partial charge on any atom is 0.311 e. The Morgan fingerprint density at radius 1 is 1.33 bits per heavy atom. The van der Waals surface area contributed by atoms with Gasteiger partial charge in [-0.05, 0) is 25.7 Å². The Morgan fingerprint density at radius 3 is 2.61 bits per heavy atom. The minimum Gasteiger partial charge on any atom is -0.493 e. The largest absolute Gasteiger partial charge is 0.493 e. The zero-order valence-electron chi connectivity index (χ0n) is 9.74. The molecule has 0 radical (unpaired) electrons. The summed E-state index contributed by atoms with van der Waals surface area (Å²) in [5.41, 5.74) is -0.154. The summed E-state index contributed by atoms with van der Waals surface area (Å²) >= 11 is 0. The van der Waals surface area contributed by atoms with Crippen molar-refractivity contribution in [1.82, 2.24) is 4.98 Å². The number of aliphatic hydroxyl groups excluding tert-OH is 1. The van der Waals surface area contributed by atoms with Gasteiger partial charge in [0.1, 0.15) is 0 Å². The Kier molecular flexibility index (Phi) is 3.61. The predicted molar refractivity (Wildman–Crippen MR) is 64.4 cm³/mol. The Labute approximate surface area is 104 Å². The van der Waals surface area contributed by atoms with Gasteiger partial charge in [-0.25, -0.2) is 0 Å². The molecule has 0 aliphatic heterocycles. The summed E-state index contributed by atoms with van der Waals surface area (Å²) in [5, 5.41) is 32.5. The first-order valence-electron chi connectivity index (χ1n) is 5.85. The molecular formula is C11H15N3O4. The monoisotopic (exact) mass is 253 g/mol. The van der Waals surface area contributed by atoms with Gasteiger partial charge in [0.2, 0.25) is 11.7 Å². The lowest BCUT2D eigenvalue weighted by Gasteiger charge is -2.26. The van der Waals surface area contributed by atoms with Gasteiger partial charge < -0.3 is 15.5 Å². The molecule has 7 heteroatoms. The molecule has 0 bridgehead atoms. The Hall–Kier alpha value is -1.89. The van der Waals surface area contributed by atoms with Crippen LogP contribution in [0.5, 0.6) is 5.88 Å². The van der Waals surface area contributed by atoms with Crippen molar-refractivity contribution >= 4 is 11.5 Å². The fraction of sp³-hybridized carbons (Fsp3) is 0.545. The number of aromatic hydroxyl groups is 1. The number of aliphatic hydroxyl groups is 1. The van der Waals surface area contributed by atoms with Crippen LogP contribution in [0.25, 0.3) is 0 Å². The molecule has 1 saturated carbocycles. The van der Waals surface area contributed by atoms with Gasteiger partial charge in [-0.2, -0.15) is 4.98 Å². The van der Waals surface area contributed by atoms with E-state index < -0.39 is 4.92 Å². The molecule has 98 valence electrons. The quantitative estimate of drug-likeness (QED) is 0.555. The van der Waals surface area contributed by atoms with Crippen molar-refractivity contribution < 1.29 is 15.1 Å². The smallest absolute Gasteiger partial charge is 0.311 e. The minimum absolute atomic E-state index is 0.0430. The second-order valence-corrected chi connectivity index (χ2v) is 4.44. The molecule has 1 aliphatic rings. The number of nitro groups is 1. The Bertz CT molecular complexity index is 444. The topological polar surface area (TPSA) is 109 Å². The first-order valence-corrected chi connectivity index (χ1v) is 5.85. The second-order valence-electron chi connectivity index (χ2n) is 4.44. The van der Waals surface area contributed by atoms with Crippen molar-refractivity contribution in [3.8, 4) is 5.88 Å². The summed E-state index contributed by atoms with van der Waals surface area (Å²) in [6.07, 6.45) is 2.52. The van der Waals surface area contributed by atoms with Crippen LogP contribution in [0.2, 0.25) is 0 Å². The Morgan fingerprint density at radius 2 is 2.00 bits per heavy atom. The average Bonchev–Trinajstić information content (AvgIpc) is 2.32. The lowest BCUT2D eigenvalue weighted by molar-refractivity contribution is -0.384. The molecule has 2 rings (SSSR count). The number of hydrogen-bond acceptors (Lipinski definition) is 6. The molecular weight excluding hydrogens is 238 g/mol. The first kappa shape index (κ1) is 12.6. The van der Waals surface area contributed by atoms with E-state index in [1.54, 1.807) is 0 Å². The molecule has 0 aromatic carbocycles. The third-order valence-electron chi connectivity index (χ3n) is 3.09. The highest BCUT2D eigenvalue weighted by Crippen LogP contribution is 2.28. The van der Waals surface area contributed by atoms with Crippen LogP contribution in [0.1, 0.15) is 25.7 Å². The summed E-state index contributed by atoms with van der Waals surface area (Å²) in [5.74, 6) is -0.166. The first-order chi connectivity index (χ1) is 8.56. The molecule has 1 heterocycles. The van der Waals surface area contributed by atoms with Crippen LogP contribution in [-0.2, 0) is 0 Å². The molecule has 1 aromatic heterocycles. The van der Waals surface area contributed by atoms with Gasteiger partial charge in [0, 0.05) is 18.2 Å². The number of nitrogens with one attached hydrogen (secondary N) is 1. The third kappa shape index (κ3) is 2.86. The van der Waals surface area contributed by atoms with Gasteiger partial charge in [-0.15, -0.1) is 0 Å². The van der Waals surface area contributed by atoms with Gasteiger partial charge in [0.25, 0.3) is 0 Å². The van der Waals surface area contributed by atoms with Gasteiger partial charge in [-0.3, -0.25) is 10.1 Å². The van der Waals surface area contributed by atoms with Gasteiger partial charge in [0.15, 0.2) is 0 Å². The van der Waals surface area contributed by atoms with Crippen molar-refractivity contribution in [2.45, 2.75) is 37.8 Å². The Balaban J connectivity index is 2.12. The molecule has 18 heavy (non-hydrogen) atoms. The number of aromatic nitrogens is 1. The summed E-state index contributed by atoms with van der Waals surface area (Å²) < 4.78 is 0.